The summed E-state index contributed by atoms with van der Waals surface area (Å²) < 4.78 is 13.9. The van der Waals surface area contributed by atoms with Crippen molar-refractivity contribution in [2.45, 2.75) is 32.7 Å². The monoisotopic (exact) mass is 299 g/mol. The number of halogens is 2. The Hall–Kier alpha value is -0.410. The van der Waals surface area contributed by atoms with Crippen molar-refractivity contribution in [1.29, 1.82) is 0 Å². The highest BCUT2D eigenvalue weighted by atomic mass is 79.9. The van der Waals surface area contributed by atoms with Crippen LogP contribution < -0.4 is 0 Å². The number of hydrogen-bond acceptors (Lipinski definition) is 1. The normalized spacial score (nSPS) is 22.4. The minimum Gasteiger partial charge on any atom is -0.299 e. The maximum atomic E-state index is 13.0. The largest absolute Gasteiger partial charge is 0.299 e. The number of likely N-dealkylation sites (tertiary alicyclic amines) is 1. The summed E-state index contributed by atoms with van der Waals surface area (Å²) in [6.45, 7) is 5.57. The van der Waals surface area contributed by atoms with Gasteiger partial charge in [-0.25, -0.2) is 4.39 Å². The van der Waals surface area contributed by atoms with Crippen molar-refractivity contribution in [1.82, 2.24) is 4.90 Å². The predicted octanol–water partition coefficient (Wildman–Crippen LogP) is 4.21. The zero-order valence-electron chi connectivity index (χ0n) is 10.3. The van der Waals surface area contributed by atoms with Crippen LogP contribution in [0.3, 0.4) is 0 Å². The highest BCUT2D eigenvalue weighted by molar-refractivity contribution is 9.10. The van der Waals surface area contributed by atoms with Crippen molar-refractivity contribution in [3.05, 3.63) is 34.1 Å². The third-order valence-corrected chi connectivity index (χ3v) is 4.26. The molecular formula is C14H19BrFN. The molecule has 1 aliphatic rings. The van der Waals surface area contributed by atoms with E-state index in [2.05, 4.69) is 27.8 Å². The molecular weight excluding hydrogens is 281 g/mol. The molecule has 0 radical (unpaired) electrons. The van der Waals surface area contributed by atoms with Crippen LogP contribution in [0.15, 0.2) is 22.7 Å². The van der Waals surface area contributed by atoms with E-state index in [-0.39, 0.29) is 5.82 Å². The van der Waals surface area contributed by atoms with E-state index in [0.717, 1.165) is 30.0 Å². The lowest BCUT2D eigenvalue weighted by Gasteiger charge is -2.20. The molecule has 3 heteroatoms. The van der Waals surface area contributed by atoms with E-state index in [1.54, 1.807) is 12.1 Å². The lowest BCUT2D eigenvalue weighted by atomic mass is 10.0. The van der Waals surface area contributed by atoms with Crippen LogP contribution in [0.5, 0.6) is 0 Å². The SMILES string of the molecule is CC1CCCN(Cc2ccc(F)cc2Br)CC1. The van der Waals surface area contributed by atoms with Gasteiger partial charge in [0.15, 0.2) is 0 Å². The summed E-state index contributed by atoms with van der Waals surface area (Å²) in [5, 5.41) is 0. The van der Waals surface area contributed by atoms with Gasteiger partial charge in [0.1, 0.15) is 5.82 Å². The molecule has 0 amide bonds. The molecule has 0 aliphatic carbocycles. The molecule has 0 spiro atoms. The molecule has 0 bridgehead atoms. The van der Waals surface area contributed by atoms with Gasteiger partial charge in [0.2, 0.25) is 0 Å². The molecule has 0 aromatic heterocycles. The van der Waals surface area contributed by atoms with Gasteiger partial charge in [-0.1, -0.05) is 28.9 Å². The van der Waals surface area contributed by atoms with Crippen molar-refractivity contribution < 1.29 is 4.39 Å². The molecule has 17 heavy (non-hydrogen) atoms. The molecule has 1 atom stereocenters. The maximum Gasteiger partial charge on any atom is 0.124 e. The van der Waals surface area contributed by atoms with Crippen LogP contribution >= 0.6 is 15.9 Å². The molecule has 94 valence electrons. The average Bonchev–Trinajstić information content (AvgIpc) is 2.48. The Bertz CT molecular complexity index is 380. The van der Waals surface area contributed by atoms with Gasteiger partial charge in [-0.3, -0.25) is 4.90 Å². The summed E-state index contributed by atoms with van der Waals surface area (Å²) in [5.41, 5.74) is 1.18. The van der Waals surface area contributed by atoms with Gasteiger partial charge in [-0.15, -0.1) is 0 Å². The topological polar surface area (TPSA) is 3.24 Å². The molecule has 1 fully saturated rings. The summed E-state index contributed by atoms with van der Waals surface area (Å²) >= 11 is 3.44. The molecule has 1 aromatic rings. The fourth-order valence-electron chi connectivity index (χ4n) is 2.37. The first kappa shape index (κ1) is 13.0. The van der Waals surface area contributed by atoms with Crippen LogP contribution in [0.2, 0.25) is 0 Å². The van der Waals surface area contributed by atoms with Crippen LogP contribution in [-0.2, 0) is 6.54 Å². The number of nitrogens with zero attached hydrogens (tertiary/aromatic N) is 1. The van der Waals surface area contributed by atoms with Gasteiger partial charge in [0.05, 0.1) is 0 Å². The standard InChI is InChI=1S/C14H19BrFN/c1-11-3-2-7-17(8-6-11)10-12-4-5-13(16)9-14(12)15/h4-5,9,11H,2-3,6-8,10H2,1H3. The molecule has 2 rings (SSSR count). The second kappa shape index (κ2) is 5.96. The molecule has 0 N–H and O–H groups in total. The lowest BCUT2D eigenvalue weighted by Crippen LogP contribution is -2.24. The highest BCUT2D eigenvalue weighted by Gasteiger charge is 2.14. The summed E-state index contributed by atoms with van der Waals surface area (Å²) in [7, 11) is 0. The number of benzene rings is 1. The minimum absolute atomic E-state index is 0.176. The minimum atomic E-state index is -0.176. The van der Waals surface area contributed by atoms with Crippen LogP contribution in [-0.4, -0.2) is 18.0 Å². The smallest absolute Gasteiger partial charge is 0.124 e. The van der Waals surface area contributed by atoms with E-state index in [1.165, 1.54) is 24.8 Å². The molecule has 1 aromatic carbocycles. The predicted molar refractivity (Wildman–Crippen MR) is 72.4 cm³/mol. The second-order valence-electron chi connectivity index (χ2n) is 5.05. The molecule has 1 saturated heterocycles. The fourth-order valence-corrected chi connectivity index (χ4v) is 2.85. The zero-order chi connectivity index (χ0) is 12.3. The average molecular weight is 300 g/mol. The Morgan fingerprint density at radius 1 is 1.35 bits per heavy atom. The van der Waals surface area contributed by atoms with Crippen molar-refractivity contribution in [3.63, 3.8) is 0 Å². The zero-order valence-corrected chi connectivity index (χ0v) is 11.8. The third kappa shape index (κ3) is 3.78. The third-order valence-electron chi connectivity index (χ3n) is 3.52. The summed E-state index contributed by atoms with van der Waals surface area (Å²) in [6.07, 6.45) is 3.89. The molecule has 1 heterocycles. The molecule has 1 aliphatic heterocycles. The summed E-state index contributed by atoms with van der Waals surface area (Å²) in [6, 6.07) is 4.98. The lowest BCUT2D eigenvalue weighted by molar-refractivity contribution is 0.273. The van der Waals surface area contributed by atoms with Crippen molar-refractivity contribution in [2.24, 2.45) is 5.92 Å². The number of hydrogen-bond donors (Lipinski definition) is 0. The van der Waals surface area contributed by atoms with Crippen molar-refractivity contribution in [2.75, 3.05) is 13.1 Å². The Kier molecular flexibility index (Phi) is 4.57. The Morgan fingerprint density at radius 2 is 2.18 bits per heavy atom. The highest BCUT2D eigenvalue weighted by Crippen LogP contribution is 2.22. The van der Waals surface area contributed by atoms with Gasteiger partial charge >= 0.3 is 0 Å². The summed E-state index contributed by atoms with van der Waals surface area (Å²) in [4.78, 5) is 2.47. The fraction of sp³-hybridized carbons (Fsp3) is 0.571. The van der Waals surface area contributed by atoms with Crippen LogP contribution in [0.4, 0.5) is 4.39 Å². The first-order chi connectivity index (χ1) is 8.15. The van der Waals surface area contributed by atoms with E-state index in [1.807, 2.05) is 6.07 Å². The maximum absolute atomic E-state index is 13.0. The van der Waals surface area contributed by atoms with Crippen molar-refractivity contribution in [3.8, 4) is 0 Å². The first-order valence-corrected chi connectivity index (χ1v) is 7.11. The molecule has 0 saturated carbocycles. The van der Waals surface area contributed by atoms with Crippen LogP contribution in [0, 0.1) is 11.7 Å². The Morgan fingerprint density at radius 3 is 2.94 bits per heavy atom. The van der Waals surface area contributed by atoms with E-state index in [9.17, 15) is 4.39 Å². The molecule has 1 nitrogen and oxygen atoms in total. The van der Waals surface area contributed by atoms with Crippen molar-refractivity contribution >= 4 is 15.9 Å². The van der Waals surface area contributed by atoms with Crippen LogP contribution in [0.1, 0.15) is 31.7 Å². The quantitative estimate of drug-likeness (QED) is 0.791. The van der Waals surface area contributed by atoms with Crippen LogP contribution in [0.25, 0.3) is 0 Å². The van der Waals surface area contributed by atoms with Gasteiger partial charge in [0, 0.05) is 11.0 Å². The Balaban J connectivity index is 2.00. The van der Waals surface area contributed by atoms with Gasteiger partial charge in [-0.05, 0) is 56.0 Å². The van der Waals surface area contributed by atoms with E-state index >= 15 is 0 Å². The first-order valence-electron chi connectivity index (χ1n) is 6.31. The molecule has 1 unspecified atom stereocenters. The van der Waals surface area contributed by atoms with E-state index < -0.39 is 0 Å². The number of rotatable bonds is 2. The van der Waals surface area contributed by atoms with Gasteiger partial charge in [-0.2, -0.15) is 0 Å². The summed E-state index contributed by atoms with van der Waals surface area (Å²) in [5.74, 6) is 0.668. The van der Waals surface area contributed by atoms with Gasteiger partial charge < -0.3 is 0 Å². The van der Waals surface area contributed by atoms with E-state index in [4.69, 9.17) is 0 Å². The second-order valence-corrected chi connectivity index (χ2v) is 5.90. The van der Waals surface area contributed by atoms with E-state index in [0.29, 0.717) is 0 Å². The Labute approximate surface area is 111 Å². The van der Waals surface area contributed by atoms with Gasteiger partial charge in [0.25, 0.3) is 0 Å².